The van der Waals surface area contributed by atoms with Crippen molar-refractivity contribution in [3.05, 3.63) is 36.7 Å². The van der Waals surface area contributed by atoms with E-state index in [-0.39, 0.29) is 5.54 Å². The molecule has 0 radical (unpaired) electrons. The number of nitrogens with one attached hydrogen (secondary N) is 1. The van der Waals surface area contributed by atoms with Crippen LogP contribution in [0.4, 0.5) is 22.1 Å². The summed E-state index contributed by atoms with van der Waals surface area (Å²) in [7, 11) is 2.17. The molecule has 2 aliphatic rings. The minimum atomic E-state index is -0.831. The zero-order chi connectivity index (χ0) is 27.6. The van der Waals surface area contributed by atoms with Gasteiger partial charge in [0, 0.05) is 62.4 Å². The molecule has 0 bridgehead atoms. The van der Waals surface area contributed by atoms with E-state index in [2.05, 4.69) is 56.5 Å². The zero-order valence-electron chi connectivity index (χ0n) is 23.7. The summed E-state index contributed by atoms with van der Waals surface area (Å²) >= 11 is 0. The first-order valence-electron chi connectivity index (χ1n) is 14.2. The maximum atomic E-state index is 11.7. The van der Waals surface area contributed by atoms with Crippen LogP contribution in [-0.4, -0.2) is 86.1 Å². The number of likely N-dealkylation sites (N-methyl/N-ethyl adjacent to an activating group) is 1. The molecular weight excluding hydrogens is 492 g/mol. The number of benzene rings is 1. The first-order chi connectivity index (χ1) is 18.7. The van der Waals surface area contributed by atoms with Crippen molar-refractivity contribution < 1.29 is 9.90 Å². The monoisotopic (exact) mass is 534 g/mol. The highest BCUT2D eigenvalue weighted by atomic mass is 16.4. The van der Waals surface area contributed by atoms with Gasteiger partial charge in [-0.15, -0.1) is 0 Å². The Morgan fingerprint density at radius 3 is 2.33 bits per heavy atom. The fraction of sp³-hybridized carbons (Fsp3) is 0.586. The van der Waals surface area contributed by atoms with Gasteiger partial charge in [0.15, 0.2) is 5.65 Å². The highest BCUT2D eigenvalue weighted by Crippen LogP contribution is 2.32. The quantitative estimate of drug-likeness (QED) is 0.441. The number of aromatic nitrogens is 4. The number of hydrogen-bond donors (Lipinski definition) is 2. The van der Waals surface area contributed by atoms with Crippen LogP contribution in [0, 0.1) is 11.8 Å². The third-order valence-corrected chi connectivity index (χ3v) is 8.25. The highest BCUT2D eigenvalue weighted by molar-refractivity contribution is 5.75. The lowest BCUT2D eigenvalue weighted by Gasteiger charge is -2.38. The standard InChI is InChI=1S/C29H42N8O2/c1-29(2,3)36(28(38)39)19-21-5-7-22(8-6-21)20-37-26-23(18-31-37)17-30-27(33-26)32-24-9-11-25(12-10-24)35-15-13-34(4)14-16-35/h9-12,17-18,21-22H,5-8,13-16,19-20H2,1-4H3,(H,38,39)(H,30,32,33)/t21-,22-. The van der Waals surface area contributed by atoms with Crippen molar-refractivity contribution in [3.8, 4) is 0 Å². The van der Waals surface area contributed by atoms with Gasteiger partial charge in [-0.25, -0.2) is 14.5 Å². The largest absolute Gasteiger partial charge is 0.465 e. The Hall–Kier alpha value is -3.40. The summed E-state index contributed by atoms with van der Waals surface area (Å²) < 4.78 is 2.00. The molecule has 0 unspecified atom stereocenters. The molecule has 2 aromatic heterocycles. The molecule has 0 spiro atoms. The molecule has 1 amide bonds. The van der Waals surface area contributed by atoms with E-state index in [1.54, 1.807) is 4.90 Å². The number of fused-ring (bicyclic) bond motifs is 1. The van der Waals surface area contributed by atoms with Gasteiger partial charge >= 0.3 is 6.09 Å². The van der Waals surface area contributed by atoms with Gasteiger partial charge < -0.3 is 25.1 Å². The predicted molar refractivity (Wildman–Crippen MR) is 155 cm³/mol. The molecule has 1 aliphatic heterocycles. The van der Waals surface area contributed by atoms with E-state index < -0.39 is 6.09 Å². The summed E-state index contributed by atoms with van der Waals surface area (Å²) in [5, 5.41) is 18.6. The average molecular weight is 535 g/mol. The van der Waals surface area contributed by atoms with Gasteiger partial charge in [0.2, 0.25) is 5.95 Å². The third-order valence-electron chi connectivity index (χ3n) is 8.25. The second-order valence-corrected chi connectivity index (χ2v) is 12.2. The minimum Gasteiger partial charge on any atom is -0.465 e. The summed E-state index contributed by atoms with van der Waals surface area (Å²) in [5.41, 5.74) is 2.66. The van der Waals surface area contributed by atoms with Crippen LogP contribution in [-0.2, 0) is 6.54 Å². The lowest BCUT2D eigenvalue weighted by Crippen LogP contribution is -2.47. The van der Waals surface area contributed by atoms with Crippen molar-refractivity contribution in [3.63, 3.8) is 0 Å². The van der Waals surface area contributed by atoms with Gasteiger partial charge in [-0.1, -0.05) is 0 Å². The fourth-order valence-electron chi connectivity index (χ4n) is 5.75. The van der Waals surface area contributed by atoms with Crippen molar-refractivity contribution in [2.24, 2.45) is 11.8 Å². The zero-order valence-corrected chi connectivity index (χ0v) is 23.7. The molecule has 1 aromatic carbocycles. The first kappa shape index (κ1) is 27.2. The smallest absolute Gasteiger partial charge is 0.407 e. The van der Waals surface area contributed by atoms with E-state index >= 15 is 0 Å². The van der Waals surface area contributed by atoms with Crippen LogP contribution in [0.2, 0.25) is 0 Å². The normalized spacial score (nSPS) is 20.8. The van der Waals surface area contributed by atoms with Crippen LogP contribution in [0.1, 0.15) is 46.5 Å². The van der Waals surface area contributed by atoms with Gasteiger partial charge in [0.1, 0.15) is 0 Å². The van der Waals surface area contributed by atoms with Crippen LogP contribution in [0.15, 0.2) is 36.7 Å². The molecule has 1 saturated carbocycles. The Morgan fingerprint density at radius 1 is 1.03 bits per heavy atom. The van der Waals surface area contributed by atoms with E-state index in [1.165, 1.54) is 5.69 Å². The number of carbonyl (C=O) groups is 1. The van der Waals surface area contributed by atoms with Crippen LogP contribution < -0.4 is 10.2 Å². The molecular formula is C29H42N8O2. The molecule has 1 aliphatic carbocycles. The number of hydrogen-bond acceptors (Lipinski definition) is 7. The molecule has 10 heteroatoms. The molecule has 1 saturated heterocycles. The number of carboxylic acid groups (broad SMARTS) is 1. The summed E-state index contributed by atoms with van der Waals surface area (Å²) in [5.74, 6) is 1.48. The molecule has 2 fully saturated rings. The second kappa shape index (κ2) is 11.4. The number of nitrogens with zero attached hydrogens (tertiary/aromatic N) is 7. The molecule has 0 atom stereocenters. The Balaban J connectivity index is 1.18. The molecule has 5 rings (SSSR count). The van der Waals surface area contributed by atoms with Crippen molar-refractivity contribution in [1.82, 2.24) is 29.5 Å². The van der Waals surface area contributed by atoms with Gasteiger partial charge in [0.05, 0.1) is 11.6 Å². The summed E-state index contributed by atoms with van der Waals surface area (Å²) in [6.45, 7) is 11.6. The minimum absolute atomic E-state index is 0.380. The van der Waals surface area contributed by atoms with Crippen molar-refractivity contribution >= 4 is 34.4 Å². The number of rotatable bonds is 7. The maximum absolute atomic E-state index is 11.7. The molecule has 3 aromatic rings. The molecule has 39 heavy (non-hydrogen) atoms. The van der Waals surface area contributed by atoms with Crippen LogP contribution in [0.25, 0.3) is 11.0 Å². The Kier molecular flexibility index (Phi) is 7.93. The van der Waals surface area contributed by atoms with E-state index in [9.17, 15) is 9.90 Å². The highest BCUT2D eigenvalue weighted by Gasteiger charge is 2.31. The Morgan fingerprint density at radius 2 is 1.69 bits per heavy atom. The van der Waals surface area contributed by atoms with E-state index in [1.807, 2.05) is 37.8 Å². The Labute approximate surface area is 231 Å². The lowest BCUT2D eigenvalue weighted by atomic mass is 9.81. The van der Waals surface area contributed by atoms with Gasteiger partial charge in [-0.3, -0.25) is 0 Å². The van der Waals surface area contributed by atoms with Crippen LogP contribution >= 0.6 is 0 Å². The maximum Gasteiger partial charge on any atom is 0.407 e. The first-order valence-corrected chi connectivity index (χ1v) is 14.2. The van der Waals surface area contributed by atoms with Crippen molar-refractivity contribution in [1.29, 1.82) is 0 Å². The lowest BCUT2D eigenvalue weighted by molar-refractivity contribution is 0.0789. The SMILES string of the molecule is CN1CCN(c2ccc(Nc3ncc4cnn(C[C@H]5CC[C@H](CN(C(=O)O)C(C)(C)C)CC5)c4n3)cc2)CC1. The van der Waals surface area contributed by atoms with Crippen LogP contribution in [0.3, 0.4) is 0 Å². The number of amides is 1. The van der Waals surface area contributed by atoms with E-state index in [4.69, 9.17) is 4.98 Å². The molecule has 210 valence electrons. The predicted octanol–water partition coefficient (Wildman–Crippen LogP) is 4.91. The third kappa shape index (κ3) is 6.61. The topological polar surface area (TPSA) is 103 Å². The van der Waals surface area contributed by atoms with Gasteiger partial charge in [-0.2, -0.15) is 10.1 Å². The Bertz CT molecular complexity index is 1250. The number of anilines is 3. The summed E-state index contributed by atoms with van der Waals surface area (Å²) in [6.07, 6.45) is 7.05. The van der Waals surface area contributed by atoms with E-state index in [0.717, 1.165) is 75.1 Å². The summed E-state index contributed by atoms with van der Waals surface area (Å²) in [4.78, 5) is 27.4. The van der Waals surface area contributed by atoms with Gasteiger partial charge in [0.25, 0.3) is 0 Å². The molecule has 2 N–H and O–H groups in total. The fourth-order valence-corrected chi connectivity index (χ4v) is 5.75. The van der Waals surface area contributed by atoms with E-state index in [0.29, 0.717) is 24.3 Å². The van der Waals surface area contributed by atoms with Crippen LogP contribution in [0.5, 0.6) is 0 Å². The van der Waals surface area contributed by atoms with Gasteiger partial charge in [-0.05, 0) is 89.6 Å². The number of piperazine rings is 1. The molecule has 3 heterocycles. The van der Waals surface area contributed by atoms with Crippen molar-refractivity contribution in [2.75, 3.05) is 50.0 Å². The summed E-state index contributed by atoms with van der Waals surface area (Å²) in [6, 6.07) is 8.48. The second-order valence-electron chi connectivity index (χ2n) is 12.2. The van der Waals surface area contributed by atoms with Crippen molar-refractivity contribution in [2.45, 2.75) is 58.5 Å². The molecule has 10 nitrogen and oxygen atoms in total. The average Bonchev–Trinajstić information content (AvgIpc) is 3.30.